The molecule has 0 aliphatic rings. The Balaban J connectivity index is 3.68. The van der Waals surface area contributed by atoms with E-state index < -0.39 is 8.80 Å². The normalized spacial score (nSPS) is 16.4. The van der Waals surface area contributed by atoms with Crippen LogP contribution in [0.3, 0.4) is 0 Å². The largest absolute Gasteiger partial charge is 0.497 e. The molecule has 0 aromatic heterocycles. The Hall–Kier alpha value is 0.0969. The zero-order valence-corrected chi connectivity index (χ0v) is 8.85. The van der Waals surface area contributed by atoms with E-state index >= 15 is 0 Å². The Morgan fingerprint density at radius 3 is 2.18 bits per heavy atom. The lowest BCUT2D eigenvalue weighted by Crippen LogP contribution is -2.41. The summed E-state index contributed by atoms with van der Waals surface area (Å²) in [5.74, 6) is 0. The lowest BCUT2D eigenvalue weighted by molar-refractivity contribution is 0.0890. The van der Waals surface area contributed by atoms with Crippen LogP contribution in [0.5, 0.6) is 0 Å². The van der Waals surface area contributed by atoms with Gasteiger partial charge in [0.05, 0.1) is 0 Å². The highest BCUT2D eigenvalue weighted by Gasteiger charge is 2.32. The molecule has 0 saturated heterocycles. The molecule has 11 heavy (non-hydrogen) atoms. The van der Waals surface area contributed by atoms with E-state index in [9.17, 15) is 0 Å². The third kappa shape index (κ3) is 4.52. The monoisotopic (exact) mass is 178 g/mol. The Kier molecular flexibility index (Phi) is 5.76. The molecule has 0 aliphatic carbocycles. The first-order valence-corrected chi connectivity index (χ1v) is 6.24. The molecule has 3 nitrogen and oxygen atoms in total. The van der Waals surface area contributed by atoms with Crippen LogP contribution < -0.4 is 0 Å². The van der Waals surface area contributed by atoms with Crippen LogP contribution >= 0.6 is 0 Å². The van der Waals surface area contributed by atoms with Gasteiger partial charge in [0.15, 0.2) is 0 Å². The first-order valence-electron chi connectivity index (χ1n) is 4.01. The molecule has 0 fully saturated rings. The van der Waals surface area contributed by atoms with Gasteiger partial charge in [-0.25, -0.2) is 0 Å². The van der Waals surface area contributed by atoms with Gasteiger partial charge >= 0.3 is 8.80 Å². The van der Waals surface area contributed by atoms with E-state index in [4.69, 9.17) is 13.3 Å². The average Bonchev–Trinajstić information content (AvgIpc) is 2.02. The van der Waals surface area contributed by atoms with E-state index in [-0.39, 0.29) is 0 Å². The summed E-state index contributed by atoms with van der Waals surface area (Å²) in [5, 5.41) is 0. The van der Waals surface area contributed by atoms with Gasteiger partial charge in [0, 0.05) is 26.9 Å². The third-order valence-corrected chi connectivity index (χ3v) is 3.63. The molecular formula is C7H18O3Si. The predicted molar refractivity (Wildman–Crippen MR) is 46.5 cm³/mol. The van der Waals surface area contributed by atoms with Crippen LogP contribution in [0.2, 0.25) is 6.55 Å². The molecule has 0 saturated carbocycles. The highest BCUT2D eigenvalue weighted by molar-refractivity contribution is 6.59. The van der Waals surface area contributed by atoms with Crippen LogP contribution in [0.15, 0.2) is 0 Å². The maximum absolute atomic E-state index is 5.46. The zero-order chi connectivity index (χ0) is 8.74. The molecule has 4 heteroatoms. The topological polar surface area (TPSA) is 27.7 Å². The molecule has 68 valence electrons. The standard InChI is InChI=1S/C7H18O3Si/c1-5-7-10-11(4,8-3)9-6-2/h5-7H2,1-4H3. The number of rotatable bonds is 6. The van der Waals surface area contributed by atoms with Crippen LogP contribution in [-0.2, 0) is 13.3 Å². The molecule has 1 unspecified atom stereocenters. The van der Waals surface area contributed by atoms with Crippen molar-refractivity contribution in [2.24, 2.45) is 0 Å². The molecule has 0 spiro atoms. The smallest absolute Gasteiger partial charge is 0.377 e. The second-order valence-corrected chi connectivity index (χ2v) is 5.06. The van der Waals surface area contributed by atoms with Crippen molar-refractivity contribution < 1.29 is 13.3 Å². The van der Waals surface area contributed by atoms with Gasteiger partial charge in [-0.15, -0.1) is 0 Å². The minimum atomic E-state index is -2.24. The molecule has 0 aliphatic heterocycles. The number of hydrogen-bond donors (Lipinski definition) is 0. The third-order valence-electron chi connectivity index (χ3n) is 1.35. The fourth-order valence-corrected chi connectivity index (χ4v) is 2.13. The van der Waals surface area contributed by atoms with Gasteiger partial charge in [-0.1, -0.05) is 6.92 Å². The van der Waals surface area contributed by atoms with Crippen molar-refractivity contribution in [2.45, 2.75) is 26.8 Å². The van der Waals surface area contributed by atoms with Crippen molar-refractivity contribution in [3.8, 4) is 0 Å². The molecule has 0 rings (SSSR count). The van der Waals surface area contributed by atoms with E-state index in [1.54, 1.807) is 7.11 Å². The summed E-state index contributed by atoms with van der Waals surface area (Å²) in [6.45, 7) is 7.29. The summed E-state index contributed by atoms with van der Waals surface area (Å²) >= 11 is 0. The molecule has 0 heterocycles. The predicted octanol–water partition coefficient (Wildman–Crippen LogP) is 1.66. The second-order valence-electron chi connectivity index (χ2n) is 2.35. The molecule has 0 aromatic carbocycles. The first-order chi connectivity index (χ1) is 5.18. The SMILES string of the molecule is CCCO[Si](C)(OC)OCC. The van der Waals surface area contributed by atoms with Crippen molar-refractivity contribution >= 4 is 8.80 Å². The summed E-state index contributed by atoms with van der Waals surface area (Å²) in [4.78, 5) is 0. The van der Waals surface area contributed by atoms with E-state index in [0.717, 1.165) is 13.0 Å². The van der Waals surface area contributed by atoms with Crippen molar-refractivity contribution in [3.05, 3.63) is 0 Å². The average molecular weight is 178 g/mol. The summed E-state index contributed by atoms with van der Waals surface area (Å²) in [7, 11) is -0.608. The summed E-state index contributed by atoms with van der Waals surface area (Å²) < 4.78 is 16.0. The summed E-state index contributed by atoms with van der Waals surface area (Å²) in [6, 6.07) is 0. The lowest BCUT2D eigenvalue weighted by Gasteiger charge is -2.23. The Labute approximate surface area is 70.0 Å². The van der Waals surface area contributed by atoms with E-state index in [2.05, 4.69) is 6.92 Å². The fourth-order valence-electron chi connectivity index (χ4n) is 0.709. The van der Waals surface area contributed by atoms with Crippen molar-refractivity contribution in [2.75, 3.05) is 20.3 Å². The molecule has 1 atom stereocenters. The Morgan fingerprint density at radius 2 is 1.82 bits per heavy atom. The van der Waals surface area contributed by atoms with Gasteiger partial charge in [0.2, 0.25) is 0 Å². The minimum Gasteiger partial charge on any atom is -0.377 e. The zero-order valence-electron chi connectivity index (χ0n) is 7.85. The van der Waals surface area contributed by atoms with E-state index in [0.29, 0.717) is 6.61 Å². The van der Waals surface area contributed by atoms with Gasteiger partial charge in [-0.05, 0) is 13.3 Å². The second kappa shape index (κ2) is 5.71. The fraction of sp³-hybridized carbons (Fsp3) is 1.00. The number of hydrogen-bond acceptors (Lipinski definition) is 3. The van der Waals surface area contributed by atoms with E-state index in [1.807, 2.05) is 13.5 Å². The molecule has 0 N–H and O–H groups in total. The molecular weight excluding hydrogens is 160 g/mol. The van der Waals surface area contributed by atoms with Gasteiger partial charge in [0.1, 0.15) is 0 Å². The molecule has 0 amide bonds. The van der Waals surface area contributed by atoms with Crippen LogP contribution in [0.25, 0.3) is 0 Å². The van der Waals surface area contributed by atoms with Crippen LogP contribution in [-0.4, -0.2) is 29.1 Å². The molecule has 0 bridgehead atoms. The summed E-state index contributed by atoms with van der Waals surface area (Å²) in [5.41, 5.74) is 0. The highest BCUT2D eigenvalue weighted by atomic mass is 28.4. The maximum Gasteiger partial charge on any atom is 0.497 e. The first kappa shape index (κ1) is 11.1. The quantitative estimate of drug-likeness (QED) is 0.579. The lowest BCUT2D eigenvalue weighted by atomic mass is 10.5. The molecule has 0 aromatic rings. The Morgan fingerprint density at radius 1 is 1.18 bits per heavy atom. The highest BCUT2D eigenvalue weighted by Crippen LogP contribution is 2.07. The van der Waals surface area contributed by atoms with E-state index in [1.165, 1.54) is 0 Å². The maximum atomic E-state index is 5.46. The van der Waals surface area contributed by atoms with Gasteiger partial charge in [0.25, 0.3) is 0 Å². The summed E-state index contributed by atoms with van der Waals surface area (Å²) in [6.07, 6.45) is 0.999. The van der Waals surface area contributed by atoms with Crippen LogP contribution in [0.4, 0.5) is 0 Å². The van der Waals surface area contributed by atoms with Gasteiger partial charge in [-0.3, -0.25) is 0 Å². The minimum absolute atomic E-state index is 0.653. The molecule has 0 radical (unpaired) electrons. The van der Waals surface area contributed by atoms with Gasteiger partial charge < -0.3 is 13.3 Å². The Bertz CT molecular complexity index is 99.7. The van der Waals surface area contributed by atoms with Crippen molar-refractivity contribution in [1.29, 1.82) is 0 Å². The van der Waals surface area contributed by atoms with Crippen molar-refractivity contribution in [1.82, 2.24) is 0 Å². The van der Waals surface area contributed by atoms with Crippen LogP contribution in [0.1, 0.15) is 20.3 Å². The van der Waals surface area contributed by atoms with Gasteiger partial charge in [-0.2, -0.15) is 0 Å². The van der Waals surface area contributed by atoms with Crippen LogP contribution in [0, 0.1) is 0 Å². The van der Waals surface area contributed by atoms with Crippen molar-refractivity contribution in [3.63, 3.8) is 0 Å².